The molecule has 8 heteroatoms. The number of nitro benzene ring substituents is 1. The smallest absolute Gasteiger partial charge is 0.308 e. The number of benzene rings is 2. The molecule has 0 atom stereocenters. The van der Waals surface area contributed by atoms with Crippen molar-refractivity contribution >= 4 is 23.3 Å². The van der Waals surface area contributed by atoms with Crippen molar-refractivity contribution in [1.82, 2.24) is 4.90 Å². The predicted molar refractivity (Wildman–Crippen MR) is 108 cm³/mol. The van der Waals surface area contributed by atoms with Crippen molar-refractivity contribution in [2.24, 2.45) is 5.92 Å². The summed E-state index contributed by atoms with van der Waals surface area (Å²) in [4.78, 5) is 37.1. The molecule has 0 saturated carbocycles. The molecule has 0 unspecified atom stereocenters. The van der Waals surface area contributed by atoms with Gasteiger partial charge in [0.1, 0.15) is 5.69 Å². The number of nitrogens with zero attached hydrogens (tertiary/aromatic N) is 2. The summed E-state index contributed by atoms with van der Waals surface area (Å²) in [5.41, 5.74) is 1.48. The number of amides is 1. The van der Waals surface area contributed by atoms with Gasteiger partial charge in [-0.3, -0.25) is 19.7 Å². The molecule has 29 heavy (non-hydrogen) atoms. The average molecular weight is 397 g/mol. The molecule has 0 bridgehead atoms. The Bertz CT molecular complexity index is 892. The Morgan fingerprint density at radius 3 is 2.48 bits per heavy atom. The summed E-state index contributed by atoms with van der Waals surface area (Å²) in [6.07, 6.45) is 1.05. The van der Waals surface area contributed by atoms with E-state index in [9.17, 15) is 19.7 Å². The Balaban J connectivity index is 1.70. The second-order valence-electron chi connectivity index (χ2n) is 6.92. The molecule has 1 fully saturated rings. The summed E-state index contributed by atoms with van der Waals surface area (Å²) in [7, 11) is 1.35. The zero-order valence-corrected chi connectivity index (χ0v) is 16.2. The lowest BCUT2D eigenvalue weighted by Gasteiger charge is -2.30. The van der Waals surface area contributed by atoms with Crippen molar-refractivity contribution in [1.29, 1.82) is 0 Å². The third-order valence-electron chi connectivity index (χ3n) is 5.08. The minimum absolute atomic E-state index is 0.142. The second kappa shape index (κ2) is 9.18. The molecule has 152 valence electrons. The number of hydrogen-bond donors (Lipinski definition) is 1. The number of likely N-dealkylation sites (tertiary alicyclic amines) is 1. The van der Waals surface area contributed by atoms with Gasteiger partial charge in [0.05, 0.1) is 18.0 Å². The molecule has 0 radical (unpaired) electrons. The summed E-state index contributed by atoms with van der Waals surface area (Å²) in [5.74, 6) is -0.740. The van der Waals surface area contributed by atoms with Crippen molar-refractivity contribution < 1.29 is 19.2 Å². The standard InChI is InChI=1S/C21H23N3O5/c1-29-21(26)16-9-11-23(12-10-16)20(25)17-7-8-18(19(13-17)24(27)28)22-14-15-5-3-2-4-6-15/h2-8,13,16,22H,9-12,14H2,1H3. The quantitative estimate of drug-likeness (QED) is 0.456. The molecule has 1 N–H and O–H groups in total. The van der Waals surface area contributed by atoms with E-state index in [1.807, 2.05) is 30.3 Å². The van der Waals surface area contributed by atoms with Gasteiger partial charge in [-0.15, -0.1) is 0 Å². The summed E-state index contributed by atoms with van der Waals surface area (Å²) in [6.45, 7) is 1.27. The highest BCUT2D eigenvalue weighted by molar-refractivity contribution is 5.96. The molecule has 1 saturated heterocycles. The van der Waals surface area contributed by atoms with Gasteiger partial charge in [-0.05, 0) is 30.5 Å². The van der Waals surface area contributed by atoms with Gasteiger partial charge < -0.3 is 15.0 Å². The molecule has 1 aliphatic heterocycles. The molecule has 2 aromatic rings. The minimum Gasteiger partial charge on any atom is -0.469 e. The maximum Gasteiger partial charge on any atom is 0.308 e. The highest BCUT2D eigenvalue weighted by Crippen LogP contribution is 2.28. The maximum absolute atomic E-state index is 12.8. The minimum atomic E-state index is -0.492. The highest BCUT2D eigenvalue weighted by Gasteiger charge is 2.29. The monoisotopic (exact) mass is 397 g/mol. The van der Waals surface area contributed by atoms with E-state index in [0.717, 1.165) is 5.56 Å². The maximum atomic E-state index is 12.8. The van der Waals surface area contributed by atoms with Crippen LogP contribution in [0.1, 0.15) is 28.8 Å². The van der Waals surface area contributed by atoms with Crippen LogP contribution in [0.4, 0.5) is 11.4 Å². The number of esters is 1. The zero-order chi connectivity index (χ0) is 20.8. The number of rotatable bonds is 6. The number of piperidine rings is 1. The van der Waals surface area contributed by atoms with Crippen LogP contribution < -0.4 is 5.32 Å². The molecule has 1 amide bonds. The van der Waals surface area contributed by atoms with Gasteiger partial charge >= 0.3 is 5.97 Å². The Hall–Kier alpha value is -3.42. The van der Waals surface area contributed by atoms with Crippen LogP contribution >= 0.6 is 0 Å². The first-order valence-corrected chi connectivity index (χ1v) is 9.43. The van der Waals surface area contributed by atoms with Gasteiger partial charge in [-0.25, -0.2) is 0 Å². The molecule has 1 aliphatic rings. The highest BCUT2D eigenvalue weighted by atomic mass is 16.6. The van der Waals surface area contributed by atoms with Crippen LogP contribution in [-0.2, 0) is 16.1 Å². The fourth-order valence-corrected chi connectivity index (χ4v) is 3.43. The molecular formula is C21H23N3O5. The Labute approximate surface area is 168 Å². The molecule has 3 rings (SSSR count). The van der Waals surface area contributed by atoms with Crippen LogP contribution in [0.3, 0.4) is 0 Å². The molecular weight excluding hydrogens is 374 g/mol. The van der Waals surface area contributed by atoms with E-state index >= 15 is 0 Å². The average Bonchev–Trinajstić information content (AvgIpc) is 2.77. The van der Waals surface area contributed by atoms with E-state index in [1.165, 1.54) is 13.2 Å². The molecule has 8 nitrogen and oxygen atoms in total. The first kappa shape index (κ1) is 20.3. The first-order valence-electron chi connectivity index (χ1n) is 9.43. The van der Waals surface area contributed by atoms with Crippen molar-refractivity contribution in [3.05, 3.63) is 69.8 Å². The van der Waals surface area contributed by atoms with Gasteiger partial charge in [-0.2, -0.15) is 0 Å². The molecule has 0 spiro atoms. The van der Waals surface area contributed by atoms with E-state index in [-0.39, 0.29) is 29.0 Å². The topological polar surface area (TPSA) is 102 Å². The SMILES string of the molecule is COC(=O)C1CCN(C(=O)c2ccc(NCc3ccccc3)c([N+](=O)[O-])c2)CC1. The summed E-state index contributed by atoms with van der Waals surface area (Å²) in [5, 5.41) is 14.6. The van der Waals surface area contributed by atoms with Crippen molar-refractivity contribution in [2.45, 2.75) is 19.4 Å². The van der Waals surface area contributed by atoms with Crippen LogP contribution in [0.5, 0.6) is 0 Å². The lowest BCUT2D eigenvalue weighted by molar-refractivity contribution is -0.384. The van der Waals surface area contributed by atoms with E-state index in [4.69, 9.17) is 4.74 Å². The van der Waals surface area contributed by atoms with E-state index < -0.39 is 4.92 Å². The number of carbonyl (C=O) groups is 2. The number of anilines is 1. The van der Waals surface area contributed by atoms with Gasteiger partial charge in [0, 0.05) is 31.3 Å². The van der Waals surface area contributed by atoms with E-state index in [2.05, 4.69) is 5.32 Å². The number of ether oxygens (including phenoxy) is 1. The Morgan fingerprint density at radius 1 is 1.17 bits per heavy atom. The summed E-state index contributed by atoms with van der Waals surface area (Å²) in [6, 6.07) is 14.0. The van der Waals surface area contributed by atoms with Crippen LogP contribution in [0.15, 0.2) is 48.5 Å². The van der Waals surface area contributed by atoms with Crippen molar-refractivity contribution in [3.63, 3.8) is 0 Å². The number of carbonyl (C=O) groups excluding carboxylic acids is 2. The van der Waals surface area contributed by atoms with E-state index in [1.54, 1.807) is 17.0 Å². The number of hydrogen-bond acceptors (Lipinski definition) is 6. The van der Waals surface area contributed by atoms with Crippen LogP contribution in [0.2, 0.25) is 0 Å². The Kier molecular flexibility index (Phi) is 6.43. The molecule has 2 aromatic carbocycles. The van der Waals surface area contributed by atoms with Gasteiger partial charge in [0.2, 0.25) is 0 Å². The fraction of sp³-hybridized carbons (Fsp3) is 0.333. The zero-order valence-electron chi connectivity index (χ0n) is 16.2. The molecule has 1 heterocycles. The first-order chi connectivity index (χ1) is 14.0. The predicted octanol–water partition coefficient (Wildman–Crippen LogP) is 3.23. The van der Waals surface area contributed by atoms with Crippen LogP contribution in [0.25, 0.3) is 0 Å². The van der Waals surface area contributed by atoms with Gasteiger partial charge in [-0.1, -0.05) is 30.3 Å². The van der Waals surface area contributed by atoms with Crippen molar-refractivity contribution in [3.8, 4) is 0 Å². The summed E-state index contributed by atoms with van der Waals surface area (Å²) < 4.78 is 4.76. The Morgan fingerprint density at radius 2 is 1.86 bits per heavy atom. The third kappa shape index (κ3) is 4.90. The molecule has 0 aromatic heterocycles. The number of methoxy groups -OCH3 is 1. The molecule has 0 aliphatic carbocycles. The van der Waals surface area contributed by atoms with Crippen LogP contribution in [-0.4, -0.2) is 41.9 Å². The van der Waals surface area contributed by atoms with Crippen molar-refractivity contribution in [2.75, 3.05) is 25.5 Å². The fourth-order valence-electron chi connectivity index (χ4n) is 3.43. The van der Waals surface area contributed by atoms with Gasteiger partial charge in [0.15, 0.2) is 0 Å². The number of nitrogens with one attached hydrogen (secondary N) is 1. The second-order valence-corrected chi connectivity index (χ2v) is 6.92. The van der Waals surface area contributed by atoms with Crippen LogP contribution in [0, 0.1) is 16.0 Å². The van der Waals surface area contributed by atoms with Gasteiger partial charge in [0.25, 0.3) is 11.6 Å². The largest absolute Gasteiger partial charge is 0.469 e. The third-order valence-corrected chi connectivity index (χ3v) is 5.08. The lowest BCUT2D eigenvalue weighted by atomic mass is 9.96. The number of nitro groups is 1. The normalized spacial score (nSPS) is 14.3. The lowest BCUT2D eigenvalue weighted by Crippen LogP contribution is -2.40. The summed E-state index contributed by atoms with van der Waals surface area (Å²) >= 11 is 0. The van der Waals surface area contributed by atoms with E-state index in [0.29, 0.717) is 38.2 Å².